The van der Waals surface area contributed by atoms with Crippen LogP contribution in [-0.2, 0) is 7.05 Å². The smallest absolute Gasteiger partial charge is 0.125 e. The molecular weight excluding hydrogens is 220 g/mol. The van der Waals surface area contributed by atoms with Gasteiger partial charge in [-0.25, -0.2) is 0 Å². The third kappa shape index (κ3) is 1.68. The van der Waals surface area contributed by atoms with Crippen molar-refractivity contribution in [2.45, 2.75) is 6.10 Å². The van der Waals surface area contributed by atoms with Gasteiger partial charge in [0.2, 0.25) is 0 Å². The molecule has 0 bridgehead atoms. The first-order chi connectivity index (χ1) is 6.68. The maximum atomic E-state index is 9.92. The van der Waals surface area contributed by atoms with Crippen molar-refractivity contribution in [2.24, 2.45) is 7.05 Å². The van der Waals surface area contributed by atoms with E-state index in [1.165, 1.54) is 11.3 Å². The van der Waals surface area contributed by atoms with Gasteiger partial charge in [-0.3, -0.25) is 4.68 Å². The standard InChI is InChI=1S/C9H9ClN2OS/c1-12-4-2-7(11-12)8(13)6-3-5-14-9(6)10/h2-5,8,13H,1H3. The lowest BCUT2D eigenvalue weighted by Gasteiger charge is -2.05. The van der Waals surface area contributed by atoms with Gasteiger partial charge in [-0.2, -0.15) is 5.10 Å². The maximum absolute atomic E-state index is 9.92. The summed E-state index contributed by atoms with van der Waals surface area (Å²) < 4.78 is 2.27. The number of aliphatic hydroxyl groups excluding tert-OH is 1. The Morgan fingerprint density at radius 2 is 2.36 bits per heavy atom. The predicted molar refractivity (Wildman–Crippen MR) is 56.6 cm³/mol. The molecule has 3 nitrogen and oxygen atoms in total. The van der Waals surface area contributed by atoms with E-state index in [1.54, 1.807) is 16.9 Å². The third-order valence-corrected chi connectivity index (χ3v) is 3.16. The van der Waals surface area contributed by atoms with E-state index in [9.17, 15) is 5.11 Å². The fourth-order valence-electron chi connectivity index (χ4n) is 1.24. The minimum Gasteiger partial charge on any atom is -0.382 e. The Morgan fingerprint density at radius 3 is 2.86 bits per heavy atom. The van der Waals surface area contributed by atoms with Crippen LogP contribution in [0.2, 0.25) is 4.34 Å². The fraction of sp³-hybridized carbons (Fsp3) is 0.222. The molecule has 2 aromatic rings. The molecule has 0 fully saturated rings. The van der Waals surface area contributed by atoms with E-state index in [2.05, 4.69) is 5.10 Å². The summed E-state index contributed by atoms with van der Waals surface area (Å²) in [6.07, 6.45) is 1.06. The second kappa shape index (κ2) is 3.73. The van der Waals surface area contributed by atoms with Crippen molar-refractivity contribution < 1.29 is 5.11 Å². The van der Waals surface area contributed by atoms with Crippen molar-refractivity contribution >= 4 is 22.9 Å². The highest BCUT2D eigenvalue weighted by Gasteiger charge is 2.16. The van der Waals surface area contributed by atoms with E-state index >= 15 is 0 Å². The molecular formula is C9H9ClN2OS. The first kappa shape index (κ1) is 9.71. The van der Waals surface area contributed by atoms with E-state index in [4.69, 9.17) is 11.6 Å². The molecule has 2 heterocycles. The van der Waals surface area contributed by atoms with Crippen molar-refractivity contribution in [3.05, 3.63) is 39.3 Å². The van der Waals surface area contributed by atoms with Gasteiger partial charge >= 0.3 is 0 Å². The topological polar surface area (TPSA) is 38.0 Å². The Bertz CT molecular complexity index is 437. The first-order valence-corrected chi connectivity index (χ1v) is 5.35. The van der Waals surface area contributed by atoms with Crippen LogP contribution in [0, 0.1) is 0 Å². The SMILES string of the molecule is Cn1ccc(C(O)c2ccsc2Cl)n1. The number of nitrogens with zero attached hydrogens (tertiary/aromatic N) is 2. The quantitative estimate of drug-likeness (QED) is 0.856. The number of aryl methyl sites for hydroxylation is 1. The first-order valence-electron chi connectivity index (χ1n) is 4.09. The van der Waals surface area contributed by atoms with E-state index < -0.39 is 6.10 Å². The van der Waals surface area contributed by atoms with Crippen LogP contribution in [0.5, 0.6) is 0 Å². The van der Waals surface area contributed by atoms with Gasteiger partial charge in [0, 0.05) is 18.8 Å². The number of aliphatic hydroxyl groups is 1. The van der Waals surface area contributed by atoms with Gasteiger partial charge in [-0.1, -0.05) is 11.6 Å². The lowest BCUT2D eigenvalue weighted by molar-refractivity contribution is 0.215. The summed E-state index contributed by atoms with van der Waals surface area (Å²) in [6.45, 7) is 0. The van der Waals surface area contributed by atoms with Crippen molar-refractivity contribution in [3.63, 3.8) is 0 Å². The number of thiophene rings is 1. The molecule has 0 aromatic carbocycles. The van der Waals surface area contributed by atoms with Crippen LogP contribution in [0.4, 0.5) is 0 Å². The summed E-state index contributed by atoms with van der Waals surface area (Å²) in [7, 11) is 1.81. The molecule has 1 N–H and O–H groups in total. The monoisotopic (exact) mass is 228 g/mol. The van der Waals surface area contributed by atoms with Crippen molar-refractivity contribution in [1.82, 2.24) is 9.78 Å². The third-order valence-electron chi connectivity index (χ3n) is 1.96. The zero-order valence-electron chi connectivity index (χ0n) is 7.51. The maximum Gasteiger partial charge on any atom is 0.125 e. The average Bonchev–Trinajstić information content (AvgIpc) is 2.73. The van der Waals surface area contributed by atoms with Crippen molar-refractivity contribution in [2.75, 3.05) is 0 Å². The molecule has 2 rings (SSSR count). The molecule has 0 amide bonds. The minimum absolute atomic E-state index is 0.614. The van der Waals surface area contributed by atoms with Crippen LogP contribution in [-0.4, -0.2) is 14.9 Å². The van der Waals surface area contributed by atoms with Crippen LogP contribution in [0.15, 0.2) is 23.7 Å². The molecule has 0 aliphatic rings. The molecule has 0 aliphatic heterocycles. The zero-order chi connectivity index (χ0) is 10.1. The van der Waals surface area contributed by atoms with E-state index in [-0.39, 0.29) is 0 Å². The van der Waals surface area contributed by atoms with E-state index in [0.29, 0.717) is 10.0 Å². The van der Waals surface area contributed by atoms with Gasteiger partial charge in [-0.05, 0) is 17.5 Å². The van der Waals surface area contributed by atoms with Gasteiger partial charge in [0.25, 0.3) is 0 Å². The van der Waals surface area contributed by atoms with Gasteiger partial charge in [0.15, 0.2) is 0 Å². The molecule has 1 unspecified atom stereocenters. The summed E-state index contributed by atoms with van der Waals surface area (Å²) in [4.78, 5) is 0. The molecule has 5 heteroatoms. The van der Waals surface area contributed by atoms with Gasteiger partial charge in [0.1, 0.15) is 6.10 Å². The fourth-order valence-corrected chi connectivity index (χ4v) is 2.21. The molecule has 74 valence electrons. The lowest BCUT2D eigenvalue weighted by atomic mass is 10.1. The zero-order valence-corrected chi connectivity index (χ0v) is 9.09. The molecule has 0 saturated heterocycles. The number of hydrogen-bond acceptors (Lipinski definition) is 3. The summed E-state index contributed by atoms with van der Waals surface area (Å²) in [5, 5.41) is 15.9. The largest absolute Gasteiger partial charge is 0.382 e. The van der Waals surface area contributed by atoms with Crippen LogP contribution in [0.25, 0.3) is 0 Å². The molecule has 0 saturated carbocycles. The highest BCUT2D eigenvalue weighted by molar-refractivity contribution is 7.14. The molecule has 0 radical (unpaired) electrons. The summed E-state index contributed by atoms with van der Waals surface area (Å²) in [6, 6.07) is 3.59. The molecule has 2 aromatic heterocycles. The highest BCUT2D eigenvalue weighted by Crippen LogP contribution is 2.31. The highest BCUT2D eigenvalue weighted by atomic mass is 35.5. The number of aromatic nitrogens is 2. The molecule has 1 atom stereocenters. The van der Waals surface area contributed by atoms with Crippen LogP contribution < -0.4 is 0 Å². The molecule has 14 heavy (non-hydrogen) atoms. The Labute approximate surface area is 90.6 Å². The van der Waals surface area contributed by atoms with Crippen molar-refractivity contribution in [1.29, 1.82) is 0 Å². The Balaban J connectivity index is 2.33. The van der Waals surface area contributed by atoms with Crippen LogP contribution >= 0.6 is 22.9 Å². The Hall–Kier alpha value is -0.840. The van der Waals surface area contributed by atoms with Crippen LogP contribution in [0.1, 0.15) is 17.4 Å². The Kier molecular flexibility index (Phi) is 2.58. The Morgan fingerprint density at radius 1 is 1.57 bits per heavy atom. The van der Waals surface area contributed by atoms with Gasteiger partial charge in [-0.15, -0.1) is 11.3 Å². The minimum atomic E-state index is -0.727. The van der Waals surface area contributed by atoms with E-state index in [0.717, 1.165) is 5.56 Å². The van der Waals surface area contributed by atoms with Crippen molar-refractivity contribution in [3.8, 4) is 0 Å². The normalized spacial score (nSPS) is 13.1. The second-order valence-electron chi connectivity index (χ2n) is 2.97. The summed E-state index contributed by atoms with van der Waals surface area (Å²) in [5.41, 5.74) is 1.34. The molecule has 0 spiro atoms. The van der Waals surface area contributed by atoms with Crippen LogP contribution in [0.3, 0.4) is 0 Å². The summed E-state index contributed by atoms with van der Waals surface area (Å²) >= 11 is 7.32. The number of hydrogen-bond donors (Lipinski definition) is 1. The summed E-state index contributed by atoms with van der Waals surface area (Å²) in [5.74, 6) is 0. The van der Waals surface area contributed by atoms with Gasteiger partial charge < -0.3 is 5.11 Å². The average molecular weight is 229 g/mol. The van der Waals surface area contributed by atoms with E-state index in [1.807, 2.05) is 18.5 Å². The lowest BCUT2D eigenvalue weighted by Crippen LogP contribution is -2.00. The molecule has 0 aliphatic carbocycles. The van der Waals surface area contributed by atoms with Gasteiger partial charge in [0.05, 0.1) is 10.0 Å². The predicted octanol–water partition coefficient (Wildman–Crippen LogP) is 2.22. The number of halogens is 1. The second-order valence-corrected chi connectivity index (χ2v) is 4.48. The number of rotatable bonds is 2.